The first-order chi connectivity index (χ1) is 12.7. The fourth-order valence-electron chi connectivity index (χ4n) is 4.05. The quantitative estimate of drug-likeness (QED) is 0.684. The van der Waals surface area contributed by atoms with Crippen LogP contribution in [0.5, 0.6) is 17.2 Å². The SMILES string of the molecule is COc1ccc2c(CC3CCCCN3)cc3cc(OC)c(O)cc3c2c1. The fraction of sp³-hybridized carbons (Fsp3) is 0.364. The highest BCUT2D eigenvalue weighted by Crippen LogP contribution is 2.38. The molecule has 4 rings (SSSR count). The summed E-state index contributed by atoms with van der Waals surface area (Å²) in [6.45, 7) is 1.10. The molecule has 1 fully saturated rings. The van der Waals surface area contributed by atoms with Crippen molar-refractivity contribution < 1.29 is 14.6 Å². The van der Waals surface area contributed by atoms with Crippen molar-refractivity contribution >= 4 is 21.5 Å². The number of benzene rings is 3. The van der Waals surface area contributed by atoms with Crippen LogP contribution in [0.1, 0.15) is 24.8 Å². The number of nitrogens with one attached hydrogen (secondary N) is 1. The molecule has 1 heterocycles. The topological polar surface area (TPSA) is 50.7 Å². The first-order valence-corrected chi connectivity index (χ1v) is 9.23. The summed E-state index contributed by atoms with van der Waals surface area (Å²) in [6.07, 6.45) is 4.78. The standard InChI is InChI=1S/C22H25NO3/c1-25-17-6-7-18-14(10-16-5-3-4-8-23-16)9-15-11-22(26-2)21(24)13-19(15)20(18)12-17/h6-7,9,11-13,16,23-24H,3-5,8,10H2,1-2H3. The van der Waals surface area contributed by atoms with Gasteiger partial charge in [0, 0.05) is 6.04 Å². The van der Waals surface area contributed by atoms with E-state index in [2.05, 4.69) is 23.5 Å². The predicted octanol–water partition coefficient (Wildman–Crippen LogP) is 4.40. The van der Waals surface area contributed by atoms with Crippen LogP contribution < -0.4 is 14.8 Å². The summed E-state index contributed by atoms with van der Waals surface area (Å²) in [5, 5.41) is 18.3. The molecule has 1 aliphatic heterocycles. The van der Waals surface area contributed by atoms with Gasteiger partial charge in [0.15, 0.2) is 11.5 Å². The van der Waals surface area contributed by atoms with E-state index in [9.17, 15) is 5.11 Å². The Bertz CT molecular complexity index is 945. The lowest BCUT2D eigenvalue weighted by atomic mass is 9.91. The molecule has 1 unspecified atom stereocenters. The second kappa shape index (κ2) is 7.04. The van der Waals surface area contributed by atoms with Crippen LogP contribution >= 0.6 is 0 Å². The minimum absolute atomic E-state index is 0.158. The molecule has 0 saturated carbocycles. The van der Waals surface area contributed by atoms with E-state index in [4.69, 9.17) is 9.47 Å². The van der Waals surface area contributed by atoms with Crippen molar-refractivity contribution in [1.82, 2.24) is 5.32 Å². The zero-order chi connectivity index (χ0) is 18.1. The van der Waals surface area contributed by atoms with Crippen molar-refractivity contribution in [1.29, 1.82) is 0 Å². The number of hydrogen-bond acceptors (Lipinski definition) is 4. The highest BCUT2D eigenvalue weighted by atomic mass is 16.5. The van der Waals surface area contributed by atoms with Crippen molar-refractivity contribution in [2.75, 3.05) is 20.8 Å². The Labute approximate surface area is 153 Å². The molecule has 0 bridgehead atoms. The number of fused-ring (bicyclic) bond motifs is 3. The average molecular weight is 351 g/mol. The van der Waals surface area contributed by atoms with E-state index in [1.165, 1.54) is 30.2 Å². The number of rotatable bonds is 4. The monoisotopic (exact) mass is 351 g/mol. The normalized spacial score (nSPS) is 17.5. The van der Waals surface area contributed by atoms with Crippen LogP contribution in [-0.4, -0.2) is 31.9 Å². The predicted molar refractivity (Wildman–Crippen MR) is 106 cm³/mol. The van der Waals surface area contributed by atoms with Gasteiger partial charge in [0.25, 0.3) is 0 Å². The van der Waals surface area contributed by atoms with Crippen molar-refractivity contribution in [2.45, 2.75) is 31.7 Å². The van der Waals surface area contributed by atoms with Crippen LogP contribution in [-0.2, 0) is 6.42 Å². The van der Waals surface area contributed by atoms with Crippen LogP contribution in [0.4, 0.5) is 0 Å². The third-order valence-corrected chi connectivity index (χ3v) is 5.42. The van der Waals surface area contributed by atoms with Crippen LogP contribution in [0.3, 0.4) is 0 Å². The molecule has 0 radical (unpaired) electrons. The van der Waals surface area contributed by atoms with E-state index in [0.29, 0.717) is 11.8 Å². The first-order valence-electron chi connectivity index (χ1n) is 9.23. The molecule has 26 heavy (non-hydrogen) atoms. The first kappa shape index (κ1) is 17.0. The number of methoxy groups -OCH3 is 2. The van der Waals surface area contributed by atoms with Crippen LogP contribution in [0.25, 0.3) is 21.5 Å². The van der Waals surface area contributed by atoms with Gasteiger partial charge in [0.05, 0.1) is 14.2 Å². The molecule has 4 heteroatoms. The lowest BCUT2D eigenvalue weighted by Gasteiger charge is -2.24. The van der Waals surface area contributed by atoms with Crippen LogP contribution in [0.15, 0.2) is 36.4 Å². The zero-order valence-electron chi connectivity index (χ0n) is 15.3. The van der Waals surface area contributed by atoms with E-state index in [1.807, 2.05) is 12.1 Å². The van der Waals surface area contributed by atoms with Gasteiger partial charge in [0.2, 0.25) is 0 Å². The number of phenolic OH excluding ortho intramolecular Hbond substituents is 1. The number of ether oxygens (including phenoxy) is 2. The van der Waals surface area contributed by atoms with E-state index in [-0.39, 0.29) is 5.75 Å². The van der Waals surface area contributed by atoms with Crippen molar-refractivity contribution in [2.24, 2.45) is 0 Å². The molecule has 1 saturated heterocycles. The average Bonchev–Trinajstić information content (AvgIpc) is 2.68. The lowest BCUT2D eigenvalue weighted by Crippen LogP contribution is -2.35. The summed E-state index contributed by atoms with van der Waals surface area (Å²) in [6, 6.07) is 12.7. The summed E-state index contributed by atoms with van der Waals surface area (Å²) in [4.78, 5) is 0. The maximum absolute atomic E-state index is 10.3. The molecule has 136 valence electrons. The number of phenols is 1. The Morgan fingerprint density at radius 1 is 1.00 bits per heavy atom. The van der Waals surface area contributed by atoms with Crippen LogP contribution in [0, 0.1) is 0 Å². The maximum atomic E-state index is 10.3. The lowest BCUT2D eigenvalue weighted by molar-refractivity contribution is 0.374. The molecule has 0 aromatic heterocycles. The fourth-order valence-corrected chi connectivity index (χ4v) is 4.05. The summed E-state index contributed by atoms with van der Waals surface area (Å²) < 4.78 is 10.7. The molecule has 3 aromatic carbocycles. The Balaban J connectivity index is 1.92. The third-order valence-electron chi connectivity index (χ3n) is 5.42. The van der Waals surface area contributed by atoms with Gasteiger partial charge in [-0.05, 0) is 77.2 Å². The van der Waals surface area contributed by atoms with Gasteiger partial charge in [-0.15, -0.1) is 0 Å². The molecular weight excluding hydrogens is 326 g/mol. The molecule has 1 atom stereocenters. The molecule has 2 N–H and O–H groups in total. The summed E-state index contributed by atoms with van der Waals surface area (Å²) in [5.74, 6) is 1.48. The van der Waals surface area contributed by atoms with E-state index in [1.54, 1.807) is 20.3 Å². The van der Waals surface area contributed by atoms with Gasteiger partial charge in [-0.3, -0.25) is 0 Å². The van der Waals surface area contributed by atoms with E-state index in [0.717, 1.165) is 34.9 Å². The van der Waals surface area contributed by atoms with Gasteiger partial charge in [-0.1, -0.05) is 18.6 Å². The van der Waals surface area contributed by atoms with Crippen molar-refractivity contribution in [3.8, 4) is 17.2 Å². The minimum atomic E-state index is 0.158. The highest BCUT2D eigenvalue weighted by Gasteiger charge is 2.17. The largest absolute Gasteiger partial charge is 0.504 e. The van der Waals surface area contributed by atoms with Gasteiger partial charge < -0.3 is 19.9 Å². The third kappa shape index (κ3) is 3.06. The van der Waals surface area contributed by atoms with Crippen molar-refractivity contribution in [3.63, 3.8) is 0 Å². The number of aromatic hydroxyl groups is 1. The molecule has 0 aliphatic carbocycles. The summed E-state index contributed by atoms with van der Waals surface area (Å²) >= 11 is 0. The summed E-state index contributed by atoms with van der Waals surface area (Å²) in [7, 11) is 3.26. The van der Waals surface area contributed by atoms with E-state index >= 15 is 0 Å². The Morgan fingerprint density at radius 3 is 2.62 bits per heavy atom. The molecule has 4 nitrogen and oxygen atoms in total. The summed E-state index contributed by atoms with van der Waals surface area (Å²) in [5.41, 5.74) is 1.32. The van der Waals surface area contributed by atoms with Gasteiger partial charge in [-0.25, -0.2) is 0 Å². The smallest absolute Gasteiger partial charge is 0.161 e. The van der Waals surface area contributed by atoms with Crippen LogP contribution in [0.2, 0.25) is 0 Å². The molecule has 0 amide bonds. The second-order valence-electron chi connectivity index (χ2n) is 7.04. The molecule has 0 spiro atoms. The van der Waals surface area contributed by atoms with Gasteiger partial charge >= 0.3 is 0 Å². The molecule has 3 aromatic rings. The van der Waals surface area contributed by atoms with E-state index < -0.39 is 0 Å². The highest BCUT2D eigenvalue weighted by molar-refractivity contribution is 6.10. The number of piperidine rings is 1. The van der Waals surface area contributed by atoms with Gasteiger partial charge in [-0.2, -0.15) is 0 Å². The Hall–Kier alpha value is -2.46. The van der Waals surface area contributed by atoms with Crippen molar-refractivity contribution in [3.05, 3.63) is 42.0 Å². The Kier molecular flexibility index (Phi) is 4.60. The maximum Gasteiger partial charge on any atom is 0.161 e. The Morgan fingerprint density at radius 2 is 1.88 bits per heavy atom. The molecule has 1 aliphatic rings. The second-order valence-corrected chi connectivity index (χ2v) is 7.04. The minimum Gasteiger partial charge on any atom is -0.504 e. The zero-order valence-corrected chi connectivity index (χ0v) is 15.3. The van der Waals surface area contributed by atoms with Gasteiger partial charge in [0.1, 0.15) is 5.75 Å². The molecular formula is C22H25NO3. The number of hydrogen-bond donors (Lipinski definition) is 2.